The monoisotopic (exact) mass is 386 g/mol. The summed E-state index contributed by atoms with van der Waals surface area (Å²) in [6, 6.07) is 1.87. The lowest BCUT2D eigenvalue weighted by molar-refractivity contribution is 0.0531. The van der Waals surface area contributed by atoms with Crippen molar-refractivity contribution < 1.29 is 10.2 Å². The number of aromatic nitrogens is 4. The Labute approximate surface area is 161 Å². The van der Waals surface area contributed by atoms with E-state index in [4.69, 9.17) is 0 Å². The van der Waals surface area contributed by atoms with Gasteiger partial charge in [-0.2, -0.15) is 0 Å². The quantitative estimate of drug-likeness (QED) is 0.616. The van der Waals surface area contributed by atoms with Gasteiger partial charge in [-0.15, -0.1) is 0 Å². The Morgan fingerprint density at radius 1 is 1.18 bits per heavy atom. The van der Waals surface area contributed by atoms with E-state index in [0.29, 0.717) is 16.6 Å². The Kier molecular flexibility index (Phi) is 4.84. The first-order chi connectivity index (χ1) is 13.5. The van der Waals surface area contributed by atoms with Gasteiger partial charge in [-0.1, -0.05) is 26.2 Å². The molecule has 0 amide bonds. The predicted molar refractivity (Wildman–Crippen MR) is 107 cm³/mol. The molecule has 0 unspecified atom stereocenters. The Morgan fingerprint density at radius 2 is 1.89 bits per heavy atom. The van der Waals surface area contributed by atoms with E-state index in [0.717, 1.165) is 42.1 Å². The van der Waals surface area contributed by atoms with Gasteiger partial charge in [-0.25, -0.2) is 9.78 Å². The molecule has 0 radical (unpaired) electrons. The number of hydrogen-bond acceptors (Lipinski definition) is 5. The highest BCUT2D eigenvalue weighted by atomic mass is 16.3. The minimum atomic E-state index is -0.966. The second-order valence-corrected chi connectivity index (χ2v) is 8.22. The molecule has 3 N–H and O–H groups in total. The number of aliphatic hydroxyl groups is 2. The van der Waals surface area contributed by atoms with E-state index in [1.54, 1.807) is 17.7 Å². The van der Waals surface area contributed by atoms with Crippen LogP contribution in [0.1, 0.15) is 45.1 Å². The summed E-state index contributed by atoms with van der Waals surface area (Å²) in [5.74, 6) is 0. The second-order valence-electron chi connectivity index (χ2n) is 8.22. The van der Waals surface area contributed by atoms with Crippen molar-refractivity contribution in [2.75, 3.05) is 13.2 Å². The number of pyridine rings is 1. The SMILES string of the molecule is CC(CO)(CO)Cn1c(=O)c2cnc3[nH]ccc3c2n(C2CCCCC2)c1=O. The normalized spacial score (nSPS) is 16.2. The molecule has 8 heteroatoms. The maximum absolute atomic E-state index is 13.5. The van der Waals surface area contributed by atoms with Crippen molar-refractivity contribution in [1.29, 1.82) is 0 Å². The molecule has 0 saturated heterocycles. The molecule has 0 atom stereocenters. The van der Waals surface area contributed by atoms with Crippen LogP contribution in [0.3, 0.4) is 0 Å². The summed E-state index contributed by atoms with van der Waals surface area (Å²) in [5.41, 5.74) is -0.516. The average Bonchev–Trinajstić information content (AvgIpc) is 3.21. The number of aromatic amines is 1. The van der Waals surface area contributed by atoms with E-state index < -0.39 is 11.0 Å². The van der Waals surface area contributed by atoms with E-state index in [1.807, 2.05) is 6.07 Å². The number of nitrogens with one attached hydrogen (secondary N) is 1. The maximum atomic E-state index is 13.5. The van der Waals surface area contributed by atoms with Crippen molar-refractivity contribution >= 4 is 21.9 Å². The second kappa shape index (κ2) is 7.18. The molecule has 0 spiro atoms. The first-order valence-corrected chi connectivity index (χ1v) is 9.82. The van der Waals surface area contributed by atoms with Crippen LogP contribution in [0, 0.1) is 5.41 Å². The molecule has 3 aromatic rings. The summed E-state index contributed by atoms with van der Waals surface area (Å²) >= 11 is 0. The van der Waals surface area contributed by atoms with Gasteiger partial charge in [-0.05, 0) is 18.9 Å². The largest absolute Gasteiger partial charge is 0.396 e. The Morgan fingerprint density at radius 3 is 2.57 bits per heavy atom. The summed E-state index contributed by atoms with van der Waals surface area (Å²) in [4.78, 5) is 34.1. The fraction of sp³-hybridized carbons (Fsp3) is 0.550. The van der Waals surface area contributed by atoms with Crippen LogP contribution >= 0.6 is 0 Å². The van der Waals surface area contributed by atoms with Gasteiger partial charge in [0.05, 0.1) is 24.1 Å². The van der Waals surface area contributed by atoms with Gasteiger partial charge in [0.1, 0.15) is 5.65 Å². The first-order valence-electron chi connectivity index (χ1n) is 9.82. The number of aliphatic hydroxyl groups excluding tert-OH is 2. The highest BCUT2D eigenvalue weighted by Crippen LogP contribution is 2.31. The van der Waals surface area contributed by atoms with Crippen LogP contribution in [-0.4, -0.2) is 42.5 Å². The van der Waals surface area contributed by atoms with E-state index in [1.165, 1.54) is 6.20 Å². The van der Waals surface area contributed by atoms with Crippen LogP contribution in [0.4, 0.5) is 0 Å². The van der Waals surface area contributed by atoms with Crippen LogP contribution in [-0.2, 0) is 6.54 Å². The fourth-order valence-electron chi connectivity index (χ4n) is 4.22. The standard InChI is InChI=1S/C20H26N4O4/c1-20(11-25,12-26)10-23-18(27)15-9-22-17-14(7-8-21-17)16(15)24(19(23)28)13-5-3-2-4-6-13/h7-9,13,25-26H,2-6,10-12H2,1H3,(H,21,22). The van der Waals surface area contributed by atoms with Crippen molar-refractivity contribution in [3.05, 3.63) is 39.3 Å². The molecule has 28 heavy (non-hydrogen) atoms. The fourth-order valence-corrected chi connectivity index (χ4v) is 4.22. The molecule has 1 aliphatic carbocycles. The smallest absolute Gasteiger partial charge is 0.331 e. The zero-order chi connectivity index (χ0) is 19.9. The van der Waals surface area contributed by atoms with E-state index in [2.05, 4.69) is 9.97 Å². The van der Waals surface area contributed by atoms with Gasteiger partial charge < -0.3 is 15.2 Å². The molecule has 0 bridgehead atoms. The molecular weight excluding hydrogens is 360 g/mol. The number of nitrogens with zero attached hydrogens (tertiary/aromatic N) is 3. The topological polar surface area (TPSA) is 113 Å². The predicted octanol–water partition coefficient (Wildman–Crippen LogP) is 1.54. The molecule has 4 rings (SSSR count). The summed E-state index contributed by atoms with van der Waals surface area (Å²) in [6.45, 7) is 0.949. The first kappa shape index (κ1) is 18.9. The van der Waals surface area contributed by atoms with Gasteiger partial charge in [0.2, 0.25) is 0 Å². The molecule has 0 aromatic carbocycles. The van der Waals surface area contributed by atoms with E-state index >= 15 is 0 Å². The summed E-state index contributed by atoms with van der Waals surface area (Å²) in [5, 5.41) is 20.5. The third-order valence-corrected chi connectivity index (χ3v) is 5.95. The number of H-pyrrole nitrogens is 1. The van der Waals surface area contributed by atoms with Crippen molar-refractivity contribution in [2.45, 2.75) is 51.6 Å². The van der Waals surface area contributed by atoms with Gasteiger partial charge in [0.15, 0.2) is 0 Å². The van der Waals surface area contributed by atoms with Crippen LogP contribution in [0.2, 0.25) is 0 Å². The lowest BCUT2D eigenvalue weighted by Crippen LogP contribution is -2.46. The van der Waals surface area contributed by atoms with E-state index in [9.17, 15) is 19.8 Å². The van der Waals surface area contributed by atoms with E-state index in [-0.39, 0.29) is 31.5 Å². The van der Waals surface area contributed by atoms with Gasteiger partial charge in [-0.3, -0.25) is 13.9 Å². The highest BCUT2D eigenvalue weighted by Gasteiger charge is 2.29. The van der Waals surface area contributed by atoms with Crippen molar-refractivity contribution in [1.82, 2.24) is 19.1 Å². The number of hydrogen-bond donors (Lipinski definition) is 3. The minimum Gasteiger partial charge on any atom is -0.396 e. The molecule has 150 valence electrons. The Balaban J connectivity index is 2.05. The maximum Gasteiger partial charge on any atom is 0.331 e. The lowest BCUT2D eigenvalue weighted by atomic mass is 9.92. The zero-order valence-electron chi connectivity index (χ0n) is 16.0. The molecule has 1 fully saturated rings. The molecule has 1 saturated carbocycles. The molecule has 3 heterocycles. The zero-order valence-corrected chi connectivity index (χ0v) is 16.0. The number of rotatable bonds is 5. The summed E-state index contributed by atoms with van der Waals surface area (Å²) in [7, 11) is 0. The summed E-state index contributed by atoms with van der Waals surface area (Å²) < 4.78 is 2.91. The highest BCUT2D eigenvalue weighted by molar-refractivity contribution is 6.01. The number of fused-ring (bicyclic) bond motifs is 3. The third-order valence-electron chi connectivity index (χ3n) is 5.95. The van der Waals surface area contributed by atoms with Crippen LogP contribution < -0.4 is 11.2 Å². The van der Waals surface area contributed by atoms with Gasteiger partial charge in [0, 0.05) is 35.8 Å². The van der Waals surface area contributed by atoms with Crippen LogP contribution in [0.15, 0.2) is 28.0 Å². The van der Waals surface area contributed by atoms with Crippen LogP contribution in [0.25, 0.3) is 21.9 Å². The molecule has 3 aromatic heterocycles. The lowest BCUT2D eigenvalue weighted by Gasteiger charge is -2.29. The van der Waals surface area contributed by atoms with Crippen molar-refractivity contribution in [3.63, 3.8) is 0 Å². The summed E-state index contributed by atoms with van der Waals surface area (Å²) in [6.07, 6.45) is 8.29. The van der Waals surface area contributed by atoms with Crippen LogP contribution in [0.5, 0.6) is 0 Å². The van der Waals surface area contributed by atoms with Gasteiger partial charge >= 0.3 is 5.69 Å². The Hall–Kier alpha value is -2.45. The minimum absolute atomic E-state index is 0.0191. The van der Waals surface area contributed by atoms with Crippen molar-refractivity contribution in [3.8, 4) is 0 Å². The molecular formula is C20H26N4O4. The molecule has 0 aliphatic heterocycles. The van der Waals surface area contributed by atoms with Gasteiger partial charge in [0.25, 0.3) is 5.56 Å². The van der Waals surface area contributed by atoms with Crippen molar-refractivity contribution in [2.24, 2.45) is 5.41 Å². The average molecular weight is 386 g/mol. The molecule has 8 nitrogen and oxygen atoms in total. The third kappa shape index (κ3) is 2.97. The Bertz CT molecular complexity index is 1120. The molecule has 1 aliphatic rings.